The van der Waals surface area contributed by atoms with Crippen molar-refractivity contribution < 1.29 is 4.39 Å². The largest absolute Gasteiger partial charge is 0.246 e. The van der Waals surface area contributed by atoms with Crippen molar-refractivity contribution in [1.29, 1.82) is 0 Å². The van der Waals surface area contributed by atoms with Gasteiger partial charge in [0.2, 0.25) is 3.79 Å². The molecule has 0 bridgehead atoms. The minimum atomic E-state index is -1.63. The van der Waals surface area contributed by atoms with E-state index in [1.807, 2.05) is 0 Å². The van der Waals surface area contributed by atoms with E-state index in [4.69, 9.17) is 34.8 Å². The van der Waals surface area contributed by atoms with Gasteiger partial charge in [0, 0.05) is 11.8 Å². The summed E-state index contributed by atoms with van der Waals surface area (Å²) >= 11 is 19.4. The second-order valence-electron chi connectivity index (χ2n) is 1.99. The van der Waals surface area contributed by atoms with Gasteiger partial charge in [-0.3, -0.25) is 0 Å². The molecule has 1 aromatic rings. The Hall–Kier alpha value is 0.430. The minimum Gasteiger partial charge on any atom is -0.246 e. The average Bonchev–Trinajstić information content (AvgIpc) is 1.92. The highest BCUT2D eigenvalue weighted by atomic mass is 79.9. The number of aromatic nitrogens is 1. The van der Waals surface area contributed by atoms with Gasteiger partial charge in [-0.25, -0.2) is 9.37 Å². The number of halogens is 5. The van der Waals surface area contributed by atoms with E-state index in [0.717, 1.165) is 6.07 Å². The molecule has 0 fully saturated rings. The molecule has 0 atom stereocenters. The van der Waals surface area contributed by atoms with Gasteiger partial charge in [0.1, 0.15) is 4.60 Å². The Morgan fingerprint density at radius 1 is 1.42 bits per heavy atom. The van der Waals surface area contributed by atoms with E-state index in [2.05, 4.69) is 20.9 Å². The highest BCUT2D eigenvalue weighted by Gasteiger charge is 2.24. The normalized spacial score (nSPS) is 11.8. The van der Waals surface area contributed by atoms with Crippen LogP contribution in [0, 0.1) is 5.82 Å². The van der Waals surface area contributed by atoms with Crippen molar-refractivity contribution in [2.45, 2.75) is 3.79 Å². The van der Waals surface area contributed by atoms with E-state index in [1.165, 1.54) is 6.20 Å². The zero-order chi connectivity index (χ0) is 9.35. The molecular weight excluding hydrogens is 291 g/mol. The maximum Gasteiger partial charge on any atom is 0.217 e. The highest BCUT2D eigenvalue weighted by Crippen LogP contribution is 2.38. The molecule has 0 spiro atoms. The average molecular weight is 293 g/mol. The number of alkyl halides is 3. The van der Waals surface area contributed by atoms with E-state index in [1.54, 1.807) is 0 Å². The molecule has 0 aliphatic heterocycles. The van der Waals surface area contributed by atoms with Crippen LogP contribution in [-0.2, 0) is 3.79 Å². The van der Waals surface area contributed by atoms with Gasteiger partial charge in [-0.05, 0) is 22.0 Å². The van der Waals surface area contributed by atoms with E-state index in [-0.39, 0.29) is 10.2 Å². The van der Waals surface area contributed by atoms with Gasteiger partial charge in [0.25, 0.3) is 0 Å². The smallest absolute Gasteiger partial charge is 0.217 e. The lowest BCUT2D eigenvalue weighted by atomic mass is 10.3. The second kappa shape index (κ2) is 3.66. The maximum absolute atomic E-state index is 12.8. The quantitative estimate of drug-likeness (QED) is 0.523. The molecule has 1 rings (SSSR count). The summed E-state index contributed by atoms with van der Waals surface area (Å²) in [6, 6.07) is 1.12. The van der Waals surface area contributed by atoms with Gasteiger partial charge in [-0.15, -0.1) is 0 Å². The van der Waals surface area contributed by atoms with Crippen LogP contribution in [0.1, 0.15) is 5.56 Å². The summed E-state index contributed by atoms with van der Waals surface area (Å²) in [4.78, 5) is 3.63. The topological polar surface area (TPSA) is 12.9 Å². The number of hydrogen-bond acceptors (Lipinski definition) is 1. The summed E-state index contributed by atoms with van der Waals surface area (Å²) in [6.07, 6.45) is 1.29. The van der Waals surface area contributed by atoms with Gasteiger partial charge >= 0.3 is 0 Å². The van der Waals surface area contributed by atoms with Crippen molar-refractivity contribution in [3.63, 3.8) is 0 Å². The summed E-state index contributed by atoms with van der Waals surface area (Å²) in [7, 11) is 0. The molecule has 0 aliphatic carbocycles. The number of pyridine rings is 1. The van der Waals surface area contributed by atoms with Gasteiger partial charge in [-0.2, -0.15) is 0 Å². The van der Waals surface area contributed by atoms with Crippen molar-refractivity contribution in [3.05, 3.63) is 28.2 Å². The Kier molecular flexibility index (Phi) is 3.21. The van der Waals surface area contributed by atoms with Crippen LogP contribution in [0.2, 0.25) is 0 Å². The minimum absolute atomic E-state index is 0.0977. The molecule has 0 saturated carbocycles. The molecule has 0 aliphatic rings. The third-order valence-electron chi connectivity index (χ3n) is 1.12. The molecule has 0 aromatic carbocycles. The van der Waals surface area contributed by atoms with E-state index < -0.39 is 9.61 Å². The predicted molar refractivity (Wildman–Crippen MR) is 51.1 cm³/mol. The standard InChI is InChI=1S/C6H2BrCl3FN/c7-5-4(11)1-3(2-12-5)6(8,9)10/h1-2H. The number of nitrogens with zero attached hydrogens (tertiary/aromatic N) is 1. The first-order chi connectivity index (χ1) is 5.41. The molecule has 0 unspecified atom stereocenters. The fourth-order valence-electron chi connectivity index (χ4n) is 0.576. The van der Waals surface area contributed by atoms with Crippen LogP contribution in [0.5, 0.6) is 0 Å². The Balaban J connectivity index is 3.14. The molecule has 1 heterocycles. The first-order valence-corrected chi connectivity index (χ1v) is 4.72. The van der Waals surface area contributed by atoms with Crippen LogP contribution in [0.15, 0.2) is 16.9 Å². The van der Waals surface area contributed by atoms with Crippen molar-refractivity contribution in [2.75, 3.05) is 0 Å². The Morgan fingerprint density at radius 3 is 2.42 bits per heavy atom. The molecule has 0 saturated heterocycles. The lowest BCUT2D eigenvalue weighted by Gasteiger charge is -2.10. The van der Waals surface area contributed by atoms with Crippen LogP contribution >= 0.6 is 50.7 Å². The predicted octanol–water partition coefficient (Wildman–Crippen LogP) is 3.81. The fraction of sp³-hybridized carbons (Fsp3) is 0.167. The van der Waals surface area contributed by atoms with Crippen LogP contribution < -0.4 is 0 Å². The monoisotopic (exact) mass is 291 g/mol. The summed E-state index contributed by atoms with van der Waals surface area (Å²) < 4.78 is 11.3. The van der Waals surface area contributed by atoms with Crippen molar-refractivity contribution >= 4 is 50.7 Å². The van der Waals surface area contributed by atoms with Crippen LogP contribution in [-0.4, -0.2) is 4.98 Å². The lowest BCUT2D eigenvalue weighted by Crippen LogP contribution is -2.01. The molecule has 0 N–H and O–H groups in total. The zero-order valence-corrected chi connectivity index (χ0v) is 9.35. The van der Waals surface area contributed by atoms with Gasteiger partial charge in [0.05, 0.1) is 0 Å². The molecule has 12 heavy (non-hydrogen) atoms. The van der Waals surface area contributed by atoms with E-state index in [9.17, 15) is 4.39 Å². The summed E-state index contributed by atoms with van der Waals surface area (Å²) in [5.41, 5.74) is 0.202. The third kappa shape index (κ3) is 2.46. The number of hydrogen-bond donors (Lipinski definition) is 0. The second-order valence-corrected chi connectivity index (χ2v) is 5.03. The molecule has 1 aromatic heterocycles. The lowest BCUT2D eigenvalue weighted by molar-refractivity contribution is 0.610. The van der Waals surface area contributed by atoms with Gasteiger partial charge in [-0.1, -0.05) is 34.8 Å². The molecule has 1 nitrogen and oxygen atoms in total. The molecular formula is C6H2BrCl3FN. The Morgan fingerprint density at radius 2 is 2.00 bits per heavy atom. The van der Waals surface area contributed by atoms with E-state index in [0.29, 0.717) is 0 Å². The summed E-state index contributed by atoms with van der Waals surface area (Å²) in [5.74, 6) is -0.557. The van der Waals surface area contributed by atoms with Crippen LogP contribution in [0.3, 0.4) is 0 Å². The van der Waals surface area contributed by atoms with Gasteiger partial charge in [0.15, 0.2) is 5.82 Å². The SMILES string of the molecule is Fc1cc(C(Cl)(Cl)Cl)cnc1Br. The Labute approximate surface area is 92.0 Å². The van der Waals surface area contributed by atoms with Gasteiger partial charge < -0.3 is 0 Å². The molecule has 6 heteroatoms. The van der Waals surface area contributed by atoms with Crippen LogP contribution in [0.4, 0.5) is 4.39 Å². The van der Waals surface area contributed by atoms with Crippen LogP contribution in [0.25, 0.3) is 0 Å². The van der Waals surface area contributed by atoms with E-state index >= 15 is 0 Å². The molecule has 66 valence electrons. The summed E-state index contributed by atoms with van der Waals surface area (Å²) in [6.45, 7) is 0. The van der Waals surface area contributed by atoms with Crippen molar-refractivity contribution in [3.8, 4) is 0 Å². The zero-order valence-electron chi connectivity index (χ0n) is 5.49. The summed E-state index contributed by atoms with van der Waals surface area (Å²) in [5, 5.41) is 0. The maximum atomic E-state index is 12.8. The molecule has 0 amide bonds. The Bertz CT molecular complexity index is 299. The third-order valence-corrected chi connectivity index (χ3v) is 2.36. The first kappa shape index (κ1) is 10.5. The number of rotatable bonds is 0. The van der Waals surface area contributed by atoms with Crippen molar-refractivity contribution in [1.82, 2.24) is 4.98 Å². The first-order valence-electron chi connectivity index (χ1n) is 2.79. The highest BCUT2D eigenvalue weighted by molar-refractivity contribution is 9.10. The fourth-order valence-corrected chi connectivity index (χ4v) is 1.10. The molecule has 0 radical (unpaired) electrons. The van der Waals surface area contributed by atoms with Crippen molar-refractivity contribution in [2.24, 2.45) is 0 Å².